The van der Waals surface area contributed by atoms with Gasteiger partial charge in [-0.1, -0.05) is 0 Å². The van der Waals surface area contributed by atoms with E-state index in [1.54, 1.807) is 0 Å². The fourth-order valence-electron chi connectivity index (χ4n) is 1.26. The molecule has 0 fully saturated rings. The number of hydrogen-bond donors (Lipinski definition) is 6. The summed E-state index contributed by atoms with van der Waals surface area (Å²) >= 11 is 0. The van der Waals surface area contributed by atoms with E-state index in [0.717, 1.165) is 0 Å². The summed E-state index contributed by atoms with van der Waals surface area (Å²) in [5, 5.41) is 34.7. The molecule has 0 rings (SSSR count). The number of nitrogens with two attached hydrogens (primary N) is 1. The van der Waals surface area contributed by atoms with Gasteiger partial charge in [0.25, 0.3) is 10.1 Å². The van der Waals surface area contributed by atoms with Crippen molar-refractivity contribution in [2.75, 3.05) is 13.2 Å². The summed E-state index contributed by atoms with van der Waals surface area (Å²) in [6.07, 6.45) is -2.11. The summed E-state index contributed by atoms with van der Waals surface area (Å²) in [7, 11) is -4.72. The normalized spacial score (nSPS) is 19.2. The Balaban J connectivity index is 5.26. The van der Waals surface area contributed by atoms with Crippen molar-refractivity contribution in [1.29, 1.82) is 0 Å². The van der Waals surface area contributed by atoms with Crippen LogP contribution in [0.4, 0.5) is 0 Å². The fourth-order valence-corrected chi connectivity index (χ4v) is 2.39. The van der Waals surface area contributed by atoms with E-state index in [0.29, 0.717) is 0 Å². The van der Waals surface area contributed by atoms with Gasteiger partial charge in [0.15, 0.2) is 0 Å². The highest BCUT2D eigenvalue weighted by molar-refractivity contribution is 7.86. The number of rotatable bonds is 6. The first kappa shape index (κ1) is 15.7. The van der Waals surface area contributed by atoms with Gasteiger partial charge in [0.2, 0.25) is 0 Å². The lowest BCUT2D eigenvalue weighted by molar-refractivity contribution is -0.132. The molecule has 0 aromatic carbocycles. The molecule has 8 nitrogen and oxygen atoms in total. The van der Waals surface area contributed by atoms with Crippen molar-refractivity contribution in [3.8, 4) is 0 Å². The van der Waals surface area contributed by atoms with Gasteiger partial charge >= 0.3 is 0 Å². The largest absolute Gasteiger partial charge is 0.393 e. The highest BCUT2D eigenvalue weighted by Crippen LogP contribution is 2.19. The lowest BCUT2D eigenvalue weighted by Gasteiger charge is -2.34. The maximum atomic E-state index is 10.9. The highest BCUT2D eigenvalue weighted by Gasteiger charge is 2.46. The molecule has 0 aliphatic heterocycles. The zero-order valence-electron chi connectivity index (χ0n) is 8.68. The van der Waals surface area contributed by atoms with E-state index in [1.165, 1.54) is 6.92 Å². The molecule has 0 amide bonds. The second-order valence-corrected chi connectivity index (χ2v) is 5.28. The molecule has 0 aromatic heterocycles. The van der Waals surface area contributed by atoms with Crippen molar-refractivity contribution in [2.45, 2.75) is 29.9 Å². The van der Waals surface area contributed by atoms with Crippen LogP contribution in [0.15, 0.2) is 0 Å². The fraction of sp³-hybridized carbons (Fsp3) is 1.00. The first-order chi connectivity index (χ1) is 7.10. The summed E-state index contributed by atoms with van der Waals surface area (Å²) < 4.78 is 30.7. The van der Waals surface area contributed by atoms with E-state index >= 15 is 0 Å². The topological polar surface area (TPSA) is 161 Å². The Labute approximate surface area is 93.1 Å². The van der Waals surface area contributed by atoms with Crippen molar-refractivity contribution in [3.63, 3.8) is 0 Å². The summed E-state index contributed by atoms with van der Waals surface area (Å²) in [4.78, 5) is 0. The Kier molecular flexibility index (Phi) is 5.26. The third kappa shape index (κ3) is 3.35. The van der Waals surface area contributed by atoms with E-state index in [1.807, 2.05) is 0 Å². The minimum absolute atomic E-state index is 1.08. The maximum Gasteiger partial charge on any atom is 0.272 e. The second-order valence-electron chi connectivity index (χ2n) is 3.70. The van der Waals surface area contributed by atoms with Gasteiger partial charge in [-0.3, -0.25) is 4.55 Å². The zero-order valence-corrected chi connectivity index (χ0v) is 9.50. The van der Waals surface area contributed by atoms with Gasteiger partial charge in [-0.25, -0.2) is 0 Å². The molecule has 0 saturated carbocycles. The van der Waals surface area contributed by atoms with Crippen LogP contribution < -0.4 is 5.73 Å². The van der Waals surface area contributed by atoms with Crippen LogP contribution in [0.25, 0.3) is 0 Å². The molecular formula is C7H17NO7S. The predicted molar refractivity (Wildman–Crippen MR) is 54.1 cm³/mol. The van der Waals surface area contributed by atoms with Crippen LogP contribution >= 0.6 is 0 Å². The Morgan fingerprint density at radius 3 is 1.88 bits per heavy atom. The molecule has 16 heavy (non-hydrogen) atoms. The van der Waals surface area contributed by atoms with Crippen LogP contribution in [0.5, 0.6) is 0 Å². The van der Waals surface area contributed by atoms with Crippen LogP contribution in [-0.2, 0) is 10.1 Å². The van der Waals surface area contributed by atoms with Crippen molar-refractivity contribution in [1.82, 2.24) is 0 Å². The van der Waals surface area contributed by atoms with E-state index in [2.05, 4.69) is 0 Å². The van der Waals surface area contributed by atoms with Crippen LogP contribution in [0, 0.1) is 0 Å². The molecule has 7 N–H and O–H groups in total. The molecule has 0 spiro atoms. The molecule has 0 aliphatic rings. The van der Waals surface area contributed by atoms with E-state index < -0.39 is 46.3 Å². The highest BCUT2D eigenvalue weighted by atomic mass is 32.2. The lowest BCUT2D eigenvalue weighted by atomic mass is 9.93. The van der Waals surface area contributed by atoms with Gasteiger partial charge in [-0.15, -0.1) is 0 Å². The molecule has 3 atom stereocenters. The second kappa shape index (κ2) is 5.36. The number of aliphatic hydroxyl groups excluding tert-OH is 3. The van der Waals surface area contributed by atoms with Gasteiger partial charge in [-0.2, -0.15) is 8.42 Å². The van der Waals surface area contributed by atoms with Gasteiger partial charge in [-0.05, 0) is 6.92 Å². The predicted octanol–water partition coefficient (Wildman–Crippen LogP) is -3.33. The van der Waals surface area contributed by atoms with E-state index in [4.69, 9.17) is 20.5 Å². The van der Waals surface area contributed by atoms with Crippen molar-refractivity contribution < 1.29 is 33.4 Å². The quantitative estimate of drug-likeness (QED) is 0.270. The van der Waals surface area contributed by atoms with Gasteiger partial charge < -0.3 is 26.2 Å². The molecule has 0 bridgehead atoms. The average molecular weight is 259 g/mol. The van der Waals surface area contributed by atoms with Gasteiger partial charge in [0.1, 0.15) is 17.0 Å². The monoisotopic (exact) mass is 259 g/mol. The summed E-state index contributed by atoms with van der Waals surface area (Å²) in [5.74, 6) is 0. The third-order valence-electron chi connectivity index (χ3n) is 2.27. The number of hydrogen-bond acceptors (Lipinski definition) is 7. The lowest BCUT2D eigenvalue weighted by Crippen LogP contribution is -2.60. The summed E-state index contributed by atoms with van der Waals surface area (Å²) in [6.45, 7) is -0.969. The summed E-state index contributed by atoms with van der Waals surface area (Å²) in [5.41, 5.74) is 2.81. The van der Waals surface area contributed by atoms with Gasteiger partial charge in [0.05, 0.1) is 13.2 Å². The minimum atomic E-state index is -4.72. The molecule has 0 aromatic rings. The van der Waals surface area contributed by atoms with Crippen LogP contribution in [0.2, 0.25) is 0 Å². The minimum Gasteiger partial charge on any atom is -0.393 e. The Morgan fingerprint density at radius 1 is 1.31 bits per heavy atom. The van der Waals surface area contributed by atoms with Crippen LogP contribution in [0.1, 0.15) is 6.92 Å². The van der Waals surface area contributed by atoms with Crippen molar-refractivity contribution in [2.24, 2.45) is 5.73 Å². The first-order valence-electron chi connectivity index (χ1n) is 4.44. The van der Waals surface area contributed by atoms with Crippen LogP contribution in [-0.4, -0.2) is 69.6 Å². The molecule has 0 heterocycles. The molecule has 0 saturated heterocycles. The van der Waals surface area contributed by atoms with Gasteiger partial charge in [0, 0.05) is 6.04 Å². The maximum absolute atomic E-state index is 10.9. The standard InChI is InChI=1S/C7H17NO7S/c1-4(8)5(16(13,14)15)6(11)7(12,2-9)3-10/h4-6,9-12H,2-3,8H2,1H3,(H,13,14,15). The Bertz CT molecular complexity index is 311. The third-order valence-corrected chi connectivity index (χ3v) is 3.65. The van der Waals surface area contributed by atoms with Crippen LogP contribution in [0.3, 0.4) is 0 Å². The molecular weight excluding hydrogens is 242 g/mol. The molecule has 0 radical (unpaired) electrons. The SMILES string of the molecule is CC(N)C(C(O)C(O)(CO)CO)S(=O)(=O)O. The zero-order chi connectivity index (χ0) is 13.1. The Morgan fingerprint density at radius 2 is 1.69 bits per heavy atom. The van der Waals surface area contributed by atoms with E-state index in [-0.39, 0.29) is 0 Å². The van der Waals surface area contributed by atoms with Crippen molar-refractivity contribution >= 4 is 10.1 Å². The smallest absolute Gasteiger partial charge is 0.272 e. The average Bonchev–Trinajstić information content (AvgIpc) is 2.13. The summed E-state index contributed by atoms with van der Waals surface area (Å²) in [6, 6.07) is -1.20. The molecule has 9 heteroatoms. The van der Waals surface area contributed by atoms with Crippen molar-refractivity contribution in [3.05, 3.63) is 0 Å². The number of aliphatic hydroxyl groups is 4. The molecule has 3 unspecified atom stereocenters. The molecule has 0 aliphatic carbocycles. The Hall–Kier alpha value is -0.290. The van der Waals surface area contributed by atoms with E-state index in [9.17, 15) is 18.6 Å². The molecule has 98 valence electrons. The first-order valence-corrected chi connectivity index (χ1v) is 5.94.